The van der Waals surface area contributed by atoms with Crippen molar-refractivity contribution < 1.29 is 23.8 Å². The molecule has 1 aliphatic heterocycles. The van der Waals surface area contributed by atoms with Gasteiger partial charge in [0.2, 0.25) is 5.95 Å². The Labute approximate surface area is 193 Å². The predicted molar refractivity (Wildman–Crippen MR) is 125 cm³/mol. The van der Waals surface area contributed by atoms with Crippen molar-refractivity contribution in [3.63, 3.8) is 0 Å². The quantitative estimate of drug-likeness (QED) is 0.421. The minimum Gasteiger partial charge on any atom is -0.453 e. The van der Waals surface area contributed by atoms with Gasteiger partial charge in [-0.2, -0.15) is 0 Å². The number of imidazole rings is 1. The molecule has 0 saturated heterocycles. The molecule has 8 nitrogen and oxygen atoms in total. The van der Waals surface area contributed by atoms with E-state index < -0.39 is 23.5 Å². The van der Waals surface area contributed by atoms with Gasteiger partial charge in [0.25, 0.3) is 5.91 Å². The molecule has 2 amide bonds. The third-order valence-electron chi connectivity index (χ3n) is 5.82. The number of hydrogen-bond donors (Lipinski definition) is 3. The largest absolute Gasteiger partial charge is 0.453 e. The summed E-state index contributed by atoms with van der Waals surface area (Å²) in [5, 5.41) is 14.6. The maximum Gasteiger partial charge on any atom is 0.413 e. The van der Waals surface area contributed by atoms with Crippen LogP contribution in [-0.2, 0) is 10.5 Å². The summed E-state index contributed by atoms with van der Waals surface area (Å²) in [6.07, 6.45) is 0.648. The van der Waals surface area contributed by atoms with Crippen LogP contribution in [0.5, 0.6) is 0 Å². The number of nitrogens with one attached hydrogen (secondary N) is 2. The Kier molecular flexibility index (Phi) is 4.91. The lowest BCUT2D eigenvalue weighted by Crippen LogP contribution is -2.45. The van der Waals surface area contributed by atoms with Gasteiger partial charge in [-0.25, -0.2) is 14.2 Å². The van der Waals surface area contributed by atoms with Gasteiger partial charge in [0.1, 0.15) is 0 Å². The molecule has 1 aromatic heterocycles. The highest BCUT2D eigenvalue weighted by Crippen LogP contribution is 2.46. The third kappa shape index (κ3) is 3.06. The smallest absolute Gasteiger partial charge is 0.413 e. The molecule has 0 radical (unpaired) electrons. The highest BCUT2D eigenvalue weighted by atomic mass is 19.1. The van der Waals surface area contributed by atoms with Crippen molar-refractivity contribution in [2.24, 2.45) is 0 Å². The lowest BCUT2D eigenvalue weighted by atomic mass is 9.93. The van der Waals surface area contributed by atoms with Crippen molar-refractivity contribution >= 4 is 40.7 Å². The van der Waals surface area contributed by atoms with Gasteiger partial charge >= 0.3 is 6.09 Å². The van der Waals surface area contributed by atoms with Crippen molar-refractivity contribution in [2.75, 3.05) is 17.3 Å². The number of aliphatic hydroxyl groups is 1. The van der Waals surface area contributed by atoms with E-state index in [1.807, 2.05) is 0 Å². The van der Waals surface area contributed by atoms with Crippen molar-refractivity contribution in [1.82, 2.24) is 9.97 Å². The van der Waals surface area contributed by atoms with Crippen LogP contribution in [0.2, 0.25) is 0 Å². The maximum absolute atomic E-state index is 15.3. The standard InChI is InChI=1S/C25H19FN4O4/c1-3-14-7-6-10-20(21(14)26)30-22(31)16-8-4-5-9-17(16)25(30,33)15-11-12-18-19(13-15)28-23(27-18)29-24(32)34-2/h3-13,33H,1H2,2H3,(H2,27,28,29,32). The van der Waals surface area contributed by atoms with Gasteiger partial charge in [-0.3, -0.25) is 15.0 Å². The van der Waals surface area contributed by atoms with E-state index in [1.54, 1.807) is 48.5 Å². The van der Waals surface area contributed by atoms with Gasteiger partial charge in [-0.05, 0) is 24.3 Å². The van der Waals surface area contributed by atoms with E-state index in [9.17, 15) is 14.7 Å². The first-order valence-corrected chi connectivity index (χ1v) is 10.3. The monoisotopic (exact) mass is 458 g/mol. The zero-order chi connectivity index (χ0) is 24.0. The number of fused-ring (bicyclic) bond motifs is 2. The number of aromatic nitrogens is 2. The summed E-state index contributed by atoms with van der Waals surface area (Å²) >= 11 is 0. The van der Waals surface area contributed by atoms with Gasteiger partial charge in [0.05, 0.1) is 23.8 Å². The topological polar surface area (TPSA) is 108 Å². The molecule has 0 saturated carbocycles. The molecule has 9 heteroatoms. The molecule has 3 N–H and O–H groups in total. The normalized spacial score (nSPS) is 17.0. The number of hydrogen-bond acceptors (Lipinski definition) is 5. The second kappa shape index (κ2) is 7.82. The number of anilines is 2. The fourth-order valence-corrected chi connectivity index (χ4v) is 4.23. The van der Waals surface area contributed by atoms with E-state index in [1.165, 1.54) is 25.3 Å². The molecule has 0 fully saturated rings. The van der Waals surface area contributed by atoms with E-state index in [0.29, 0.717) is 22.2 Å². The van der Waals surface area contributed by atoms with Crippen LogP contribution in [0.4, 0.5) is 20.8 Å². The lowest BCUT2D eigenvalue weighted by Gasteiger charge is -2.35. The Balaban J connectivity index is 1.71. The van der Waals surface area contributed by atoms with Crippen LogP contribution in [0.1, 0.15) is 27.0 Å². The fraction of sp³-hybridized carbons (Fsp3) is 0.0800. The number of carbonyl (C=O) groups excluding carboxylic acids is 2. The molecule has 1 atom stereocenters. The number of H-pyrrole nitrogens is 1. The van der Waals surface area contributed by atoms with Crippen molar-refractivity contribution in [3.05, 3.63) is 95.3 Å². The molecule has 0 bridgehead atoms. The predicted octanol–water partition coefficient (Wildman–Crippen LogP) is 4.38. The van der Waals surface area contributed by atoms with Crippen LogP contribution in [0, 0.1) is 5.82 Å². The van der Waals surface area contributed by atoms with Crippen LogP contribution in [0.15, 0.2) is 67.2 Å². The van der Waals surface area contributed by atoms with Gasteiger partial charge in [0, 0.05) is 22.3 Å². The van der Waals surface area contributed by atoms with E-state index in [-0.39, 0.29) is 22.8 Å². The van der Waals surface area contributed by atoms with Crippen molar-refractivity contribution in [2.45, 2.75) is 5.72 Å². The first kappa shape index (κ1) is 21.4. The molecular weight excluding hydrogens is 439 g/mol. The molecule has 1 unspecified atom stereocenters. The van der Waals surface area contributed by atoms with Gasteiger partial charge in [0.15, 0.2) is 11.5 Å². The second-order valence-corrected chi connectivity index (χ2v) is 7.68. The number of carbonyl (C=O) groups is 2. The number of benzene rings is 3. The fourth-order valence-electron chi connectivity index (χ4n) is 4.23. The summed E-state index contributed by atoms with van der Waals surface area (Å²) in [5.41, 5.74) is -0.0395. The Morgan fingerprint density at radius 1 is 1.24 bits per heavy atom. The molecule has 170 valence electrons. The van der Waals surface area contributed by atoms with E-state index in [0.717, 1.165) is 4.90 Å². The average molecular weight is 458 g/mol. The SMILES string of the molecule is C=Cc1cccc(N2C(=O)c3ccccc3C2(O)c2ccc3nc(NC(=O)OC)[nH]c3c2)c1F. The summed E-state index contributed by atoms with van der Waals surface area (Å²) in [7, 11) is 1.23. The number of ether oxygens (including phenoxy) is 1. The molecule has 2 heterocycles. The Morgan fingerprint density at radius 3 is 2.79 bits per heavy atom. The van der Waals surface area contributed by atoms with Crippen molar-refractivity contribution in [1.29, 1.82) is 0 Å². The molecule has 0 aliphatic carbocycles. The summed E-state index contributed by atoms with van der Waals surface area (Å²) in [6, 6.07) is 16.0. The maximum atomic E-state index is 15.3. The second-order valence-electron chi connectivity index (χ2n) is 7.68. The van der Waals surface area contributed by atoms with Gasteiger partial charge < -0.3 is 14.8 Å². The number of halogens is 1. The van der Waals surface area contributed by atoms with Crippen LogP contribution < -0.4 is 10.2 Å². The summed E-state index contributed by atoms with van der Waals surface area (Å²) in [4.78, 5) is 33.2. The lowest BCUT2D eigenvalue weighted by molar-refractivity contribution is 0.0699. The number of nitrogens with zero attached hydrogens (tertiary/aromatic N) is 2. The first-order chi connectivity index (χ1) is 16.4. The minimum absolute atomic E-state index is 0.0844. The molecular formula is C25H19FN4O4. The first-order valence-electron chi connectivity index (χ1n) is 10.3. The van der Waals surface area contributed by atoms with Crippen LogP contribution in [-0.4, -0.2) is 34.2 Å². The molecule has 1 aliphatic rings. The highest BCUT2D eigenvalue weighted by Gasteiger charge is 2.51. The molecule has 34 heavy (non-hydrogen) atoms. The summed E-state index contributed by atoms with van der Waals surface area (Å²) in [5.74, 6) is -1.07. The molecule has 3 aromatic carbocycles. The zero-order valence-electron chi connectivity index (χ0n) is 18.0. The van der Waals surface area contributed by atoms with E-state index >= 15 is 4.39 Å². The number of rotatable bonds is 4. The van der Waals surface area contributed by atoms with Crippen LogP contribution in [0.25, 0.3) is 17.1 Å². The average Bonchev–Trinajstić information content (AvgIpc) is 3.35. The summed E-state index contributed by atoms with van der Waals surface area (Å²) in [6.45, 7) is 3.62. The number of amides is 2. The Bertz CT molecular complexity index is 1480. The number of aromatic amines is 1. The third-order valence-corrected chi connectivity index (χ3v) is 5.82. The summed E-state index contributed by atoms with van der Waals surface area (Å²) < 4.78 is 19.9. The molecule has 5 rings (SSSR count). The van der Waals surface area contributed by atoms with Crippen LogP contribution in [0.3, 0.4) is 0 Å². The van der Waals surface area contributed by atoms with Crippen LogP contribution >= 0.6 is 0 Å². The highest BCUT2D eigenvalue weighted by molar-refractivity contribution is 6.12. The molecule has 0 spiro atoms. The van der Waals surface area contributed by atoms with Gasteiger partial charge in [-0.1, -0.05) is 49.1 Å². The van der Waals surface area contributed by atoms with E-state index in [4.69, 9.17) is 0 Å². The van der Waals surface area contributed by atoms with E-state index in [2.05, 4.69) is 26.6 Å². The Morgan fingerprint density at radius 2 is 2.03 bits per heavy atom. The van der Waals surface area contributed by atoms with Crippen molar-refractivity contribution in [3.8, 4) is 0 Å². The Hall–Kier alpha value is -4.50. The number of methoxy groups -OCH3 is 1. The molecule has 4 aromatic rings. The van der Waals surface area contributed by atoms with Gasteiger partial charge in [-0.15, -0.1) is 0 Å². The zero-order valence-corrected chi connectivity index (χ0v) is 18.0. The minimum atomic E-state index is -2.01.